The van der Waals surface area contributed by atoms with E-state index in [0.29, 0.717) is 13.0 Å². The van der Waals surface area contributed by atoms with Gasteiger partial charge in [0.25, 0.3) is 5.91 Å². The predicted molar refractivity (Wildman–Crippen MR) is 105 cm³/mol. The van der Waals surface area contributed by atoms with E-state index in [-0.39, 0.29) is 35.8 Å². The Morgan fingerprint density at radius 2 is 2.04 bits per heavy atom. The van der Waals surface area contributed by atoms with Crippen molar-refractivity contribution in [3.63, 3.8) is 0 Å². The van der Waals surface area contributed by atoms with Crippen LogP contribution in [-0.4, -0.2) is 61.6 Å². The third-order valence-electron chi connectivity index (χ3n) is 5.09. The average Bonchev–Trinajstić information content (AvgIpc) is 3.24. The molecule has 27 heavy (non-hydrogen) atoms. The quantitative estimate of drug-likeness (QED) is 0.503. The second-order valence-electron chi connectivity index (χ2n) is 6.97. The van der Waals surface area contributed by atoms with Crippen LogP contribution in [0.15, 0.2) is 23.1 Å². The number of likely N-dealkylation sites (N-methyl/N-ethyl adjacent to an activating group) is 1. The number of sulfone groups is 1. The molecule has 6 nitrogen and oxygen atoms in total. The lowest BCUT2D eigenvalue weighted by Crippen LogP contribution is -2.43. The normalized spacial score (nSPS) is 20.3. The van der Waals surface area contributed by atoms with E-state index < -0.39 is 15.8 Å². The minimum Gasteiger partial charge on any atom is -0.455 e. The van der Waals surface area contributed by atoms with Crippen molar-refractivity contribution in [2.45, 2.75) is 43.5 Å². The Hall–Kier alpha value is -1.54. The number of aryl methyl sites for hydroxylation is 2. The Morgan fingerprint density at radius 1 is 1.26 bits per heavy atom. The third-order valence-corrected chi connectivity index (χ3v) is 7.81. The molecule has 0 bridgehead atoms. The summed E-state index contributed by atoms with van der Waals surface area (Å²) < 4.78 is 28.3. The number of hydrogen-bond acceptors (Lipinski definition) is 6. The Labute approximate surface area is 164 Å². The van der Waals surface area contributed by atoms with Crippen LogP contribution in [0.5, 0.6) is 0 Å². The molecular weight excluding hydrogens is 386 g/mol. The number of amides is 1. The Morgan fingerprint density at radius 3 is 2.74 bits per heavy atom. The van der Waals surface area contributed by atoms with E-state index >= 15 is 0 Å². The molecule has 2 aliphatic rings. The van der Waals surface area contributed by atoms with Crippen LogP contribution in [0.25, 0.3) is 0 Å². The molecule has 148 valence electrons. The fraction of sp³-hybridized carbons (Fsp3) is 0.579. The monoisotopic (exact) mass is 411 g/mol. The molecular formula is C19H25NO5S2. The van der Waals surface area contributed by atoms with Gasteiger partial charge in [-0.2, -0.15) is 0 Å². The number of nitrogens with zero attached hydrogens (tertiary/aromatic N) is 1. The van der Waals surface area contributed by atoms with Crippen molar-refractivity contribution >= 4 is 33.5 Å². The minimum atomic E-state index is -3.06. The molecule has 0 unspecified atom stereocenters. The van der Waals surface area contributed by atoms with Gasteiger partial charge in [0.1, 0.15) is 0 Å². The van der Waals surface area contributed by atoms with Crippen LogP contribution in [0.1, 0.15) is 30.9 Å². The van der Waals surface area contributed by atoms with Gasteiger partial charge in [-0.1, -0.05) is 6.07 Å². The highest BCUT2D eigenvalue weighted by molar-refractivity contribution is 8.00. The molecule has 1 aromatic carbocycles. The molecule has 1 aliphatic carbocycles. The molecule has 1 aromatic rings. The minimum absolute atomic E-state index is 0.00525. The standard InChI is InChI=1S/C19H25NO5S2/c1-2-20(16-8-9-27(23,24)13-16)18(21)11-25-19(22)12-26-17-7-6-14-4-3-5-15(14)10-17/h6-7,10,16H,2-5,8-9,11-13H2,1H3/t16-/m1/s1. The summed E-state index contributed by atoms with van der Waals surface area (Å²) in [7, 11) is -3.06. The zero-order valence-corrected chi connectivity index (χ0v) is 17.1. The summed E-state index contributed by atoms with van der Waals surface area (Å²) in [6.45, 7) is 1.86. The molecule has 0 aromatic heterocycles. The molecule has 0 N–H and O–H groups in total. The van der Waals surface area contributed by atoms with Gasteiger partial charge in [0.15, 0.2) is 16.4 Å². The molecule has 1 fully saturated rings. The maximum Gasteiger partial charge on any atom is 0.316 e. The maximum atomic E-state index is 12.3. The summed E-state index contributed by atoms with van der Waals surface area (Å²) in [5.41, 5.74) is 2.75. The number of ether oxygens (including phenoxy) is 1. The number of carbonyl (C=O) groups is 2. The van der Waals surface area contributed by atoms with Gasteiger partial charge >= 0.3 is 5.97 Å². The van der Waals surface area contributed by atoms with E-state index in [2.05, 4.69) is 12.1 Å². The van der Waals surface area contributed by atoms with Crippen LogP contribution in [-0.2, 0) is 37.0 Å². The van der Waals surface area contributed by atoms with Gasteiger partial charge in [-0.15, -0.1) is 11.8 Å². The van der Waals surface area contributed by atoms with Crippen LogP contribution in [0.4, 0.5) is 0 Å². The van der Waals surface area contributed by atoms with Gasteiger partial charge in [0.05, 0.1) is 17.3 Å². The lowest BCUT2D eigenvalue weighted by molar-refractivity contribution is -0.150. The SMILES string of the molecule is CCN(C(=O)COC(=O)CSc1ccc2c(c1)CCC2)[C@@H]1CCS(=O)(=O)C1. The van der Waals surface area contributed by atoms with E-state index in [4.69, 9.17) is 4.74 Å². The van der Waals surface area contributed by atoms with Crippen molar-refractivity contribution < 1.29 is 22.7 Å². The van der Waals surface area contributed by atoms with E-state index in [1.165, 1.54) is 34.2 Å². The van der Waals surface area contributed by atoms with Crippen LogP contribution in [0.3, 0.4) is 0 Å². The van der Waals surface area contributed by atoms with E-state index in [9.17, 15) is 18.0 Å². The lowest BCUT2D eigenvalue weighted by Gasteiger charge is -2.26. The summed E-state index contributed by atoms with van der Waals surface area (Å²) in [6.07, 6.45) is 3.85. The predicted octanol–water partition coefficient (Wildman–Crippen LogP) is 1.85. The summed E-state index contributed by atoms with van der Waals surface area (Å²) in [6, 6.07) is 5.96. The van der Waals surface area contributed by atoms with E-state index in [1.54, 1.807) is 6.92 Å². The summed E-state index contributed by atoms with van der Waals surface area (Å²) in [5, 5.41) is 0. The van der Waals surface area contributed by atoms with Crippen molar-refractivity contribution in [1.82, 2.24) is 4.90 Å². The summed E-state index contributed by atoms with van der Waals surface area (Å²) >= 11 is 1.41. The Bertz CT molecular complexity index is 821. The van der Waals surface area contributed by atoms with Crippen LogP contribution in [0.2, 0.25) is 0 Å². The largest absolute Gasteiger partial charge is 0.455 e. The van der Waals surface area contributed by atoms with E-state index in [0.717, 1.165) is 17.7 Å². The number of benzene rings is 1. The Balaban J connectivity index is 1.44. The van der Waals surface area contributed by atoms with Crippen molar-refractivity contribution in [2.24, 2.45) is 0 Å². The zero-order chi connectivity index (χ0) is 19.4. The van der Waals surface area contributed by atoms with Gasteiger partial charge in [-0.3, -0.25) is 9.59 Å². The average molecular weight is 412 g/mol. The van der Waals surface area contributed by atoms with Crippen molar-refractivity contribution in [1.29, 1.82) is 0 Å². The highest BCUT2D eigenvalue weighted by Gasteiger charge is 2.34. The maximum absolute atomic E-state index is 12.3. The molecule has 1 amide bonds. The molecule has 0 saturated carbocycles. The number of thioether (sulfide) groups is 1. The fourth-order valence-electron chi connectivity index (χ4n) is 3.71. The molecule has 0 radical (unpaired) electrons. The van der Waals surface area contributed by atoms with Gasteiger partial charge < -0.3 is 9.64 Å². The first kappa shape index (κ1) is 20.2. The van der Waals surface area contributed by atoms with Crippen molar-refractivity contribution in [2.75, 3.05) is 30.4 Å². The second kappa shape index (κ2) is 8.65. The van der Waals surface area contributed by atoms with Crippen LogP contribution in [0, 0.1) is 0 Å². The molecule has 3 rings (SSSR count). The highest BCUT2D eigenvalue weighted by Crippen LogP contribution is 2.27. The number of esters is 1. The smallest absolute Gasteiger partial charge is 0.316 e. The zero-order valence-electron chi connectivity index (χ0n) is 15.5. The Kier molecular flexibility index (Phi) is 6.47. The number of fused-ring (bicyclic) bond motifs is 1. The van der Waals surface area contributed by atoms with Crippen molar-refractivity contribution in [3.05, 3.63) is 29.3 Å². The first-order valence-corrected chi connectivity index (χ1v) is 12.1. The molecule has 1 aliphatic heterocycles. The number of rotatable bonds is 7. The topological polar surface area (TPSA) is 80.8 Å². The van der Waals surface area contributed by atoms with Gasteiger partial charge in [-0.05, 0) is 55.9 Å². The summed E-state index contributed by atoms with van der Waals surface area (Å²) in [4.78, 5) is 26.8. The van der Waals surface area contributed by atoms with Crippen LogP contribution < -0.4 is 0 Å². The van der Waals surface area contributed by atoms with Gasteiger partial charge in [0.2, 0.25) is 0 Å². The molecule has 1 atom stereocenters. The van der Waals surface area contributed by atoms with Gasteiger partial charge in [0, 0.05) is 17.5 Å². The number of carbonyl (C=O) groups excluding carboxylic acids is 2. The molecule has 1 saturated heterocycles. The number of hydrogen-bond donors (Lipinski definition) is 0. The summed E-state index contributed by atoms with van der Waals surface area (Å²) in [5.74, 6) is -0.525. The second-order valence-corrected chi connectivity index (χ2v) is 10.2. The fourth-order valence-corrected chi connectivity index (χ4v) is 6.19. The lowest BCUT2D eigenvalue weighted by atomic mass is 10.1. The van der Waals surface area contributed by atoms with E-state index in [1.807, 2.05) is 6.07 Å². The van der Waals surface area contributed by atoms with Crippen LogP contribution >= 0.6 is 11.8 Å². The molecule has 0 spiro atoms. The van der Waals surface area contributed by atoms with Gasteiger partial charge in [-0.25, -0.2) is 8.42 Å². The van der Waals surface area contributed by atoms with Crippen molar-refractivity contribution in [3.8, 4) is 0 Å². The first-order valence-electron chi connectivity index (χ1n) is 9.28. The molecule has 1 heterocycles. The first-order chi connectivity index (χ1) is 12.9. The third kappa shape index (κ3) is 5.25. The highest BCUT2D eigenvalue weighted by atomic mass is 32.2. The molecule has 8 heteroatoms.